The van der Waals surface area contributed by atoms with Crippen LogP contribution in [0.5, 0.6) is 0 Å². The van der Waals surface area contributed by atoms with Crippen LogP contribution >= 0.6 is 0 Å². The van der Waals surface area contributed by atoms with Gasteiger partial charge in [0.1, 0.15) is 0 Å². The molecule has 0 bridgehead atoms. The molecule has 0 heterocycles. The Kier molecular flexibility index (Phi) is 26.9. The first-order valence-corrected chi connectivity index (χ1v) is 16.9. The van der Waals surface area contributed by atoms with Gasteiger partial charge in [-0.15, -0.1) is 0 Å². The van der Waals surface area contributed by atoms with Crippen LogP contribution in [-0.4, -0.2) is 58.8 Å². The number of allylic oxidation sites excluding steroid dienone is 2. The molecule has 0 aliphatic heterocycles. The molecule has 0 radical (unpaired) electrons. The third-order valence-electron chi connectivity index (χ3n) is 8.20. The molecule has 0 unspecified atom stereocenters. The highest BCUT2D eigenvalue weighted by Gasteiger charge is 2.26. The summed E-state index contributed by atoms with van der Waals surface area (Å²) >= 11 is 0. The maximum absolute atomic E-state index is 11.0. The summed E-state index contributed by atoms with van der Waals surface area (Å²) < 4.78 is 0.834. The smallest absolute Gasteiger partial charge is 0.303 e. The van der Waals surface area contributed by atoms with E-state index in [2.05, 4.69) is 19.1 Å². The molecule has 0 saturated carbocycles. The number of carboxylic acids is 3. The van der Waals surface area contributed by atoms with E-state index in [1.54, 1.807) is 0 Å². The first-order valence-electron chi connectivity index (χ1n) is 16.9. The van der Waals surface area contributed by atoms with Crippen LogP contribution in [0.2, 0.25) is 0 Å². The van der Waals surface area contributed by atoms with Crippen molar-refractivity contribution in [3.05, 3.63) is 12.2 Å². The first-order chi connectivity index (χ1) is 19.8. The monoisotopic (exact) mass is 581 g/mol. The zero-order chi connectivity index (χ0) is 30.4. The standard InChI is InChI=1S/C34H63NO6/c1-2-3-4-5-6-7-8-9-10-11-12-13-14-15-16-17-21-28-35(29-22-18-25-32(36)37,30-23-19-26-33(38)39)31-24-20-27-34(40)41/h13-14H,2-12,15-31H2,1H3,(H2-,36,37,38,39,40,41)/b14-13+. The Labute approximate surface area is 251 Å². The third kappa shape index (κ3) is 28.0. The Morgan fingerprint density at radius 2 is 0.854 bits per heavy atom. The van der Waals surface area contributed by atoms with Crippen molar-refractivity contribution in [3.63, 3.8) is 0 Å². The Morgan fingerprint density at radius 3 is 1.24 bits per heavy atom. The van der Waals surface area contributed by atoms with Gasteiger partial charge >= 0.3 is 11.9 Å². The van der Waals surface area contributed by atoms with Crippen LogP contribution < -0.4 is 5.11 Å². The van der Waals surface area contributed by atoms with Gasteiger partial charge in [-0.25, -0.2) is 0 Å². The summed E-state index contributed by atoms with van der Waals surface area (Å²) in [7, 11) is 0. The normalized spacial score (nSPS) is 11.8. The molecule has 0 aliphatic carbocycles. The van der Waals surface area contributed by atoms with E-state index in [1.165, 1.54) is 70.6 Å². The highest BCUT2D eigenvalue weighted by atomic mass is 16.4. The lowest BCUT2D eigenvalue weighted by molar-refractivity contribution is -0.929. The van der Waals surface area contributed by atoms with Gasteiger partial charge in [0.15, 0.2) is 0 Å². The molecule has 0 aromatic carbocycles. The lowest BCUT2D eigenvalue weighted by Crippen LogP contribution is -2.51. The predicted molar refractivity (Wildman–Crippen MR) is 166 cm³/mol. The van der Waals surface area contributed by atoms with Crippen molar-refractivity contribution < 1.29 is 34.2 Å². The maximum atomic E-state index is 11.0. The maximum Gasteiger partial charge on any atom is 0.303 e. The van der Waals surface area contributed by atoms with E-state index in [-0.39, 0.29) is 19.3 Å². The fourth-order valence-electron chi connectivity index (χ4n) is 5.71. The fourth-order valence-corrected chi connectivity index (χ4v) is 5.71. The van der Waals surface area contributed by atoms with Crippen molar-refractivity contribution in [2.45, 2.75) is 161 Å². The van der Waals surface area contributed by atoms with Crippen molar-refractivity contribution in [1.82, 2.24) is 0 Å². The fraction of sp³-hybridized carbons (Fsp3) is 0.853. The number of rotatable bonds is 32. The number of nitrogens with zero attached hydrogens (tertiary/aromatic N) is 1. The highest BCUT2D eigenvalue weighted by molar-refractivity contribution is 5.66. The number of aliphatic carboxylic acids is 3. The molecule has 0 atom stereocenters. The second-order valence-corrected chi connectivity index (χ2v) is 12.1. The number of carbonyl (C=O) groups excluding carboxylic acids is 1. The second-order valence-electron chi connectivity index (χ2n) is 12.1. The molecule has 240 valence electrons. The molecule has 0 fully saturated rings. The van der Waals surface area contributed by atoms with Crippen molar-refractivity contribution in [2.75, 3.05) is 26.2 Å². The van der Waals surface area contributed by atoms with Crippen LogP contribution in [0.25, 0.3) is 0 Å². The van der Waals surface area contributed by atoms with Gasteiger partial charge in [0.2, 0.25) is 0 Å². The largest absolute Gasteiger partial charge is 0.550 e. The molecule has 7 heteroatoms. The molecule has 7 nitrogen and oxygen atoms in total. The van der Waals surface area contributed by atoms with Crippen LogP contribution in [0.1, 0.15) is 161 Å². The third-order valence-corrected chi connectivity index (χ3v) is 8.20. The van der Waals surface area contributed by atoms with E-state index >= 15 is 0 Å². The summed E-state index contributed by atoms with van der Waals surface area (Å²) in [5, 5.41) is 29.0. The summed E-state index contributed by atoms with van der Waals surface area (Å²) in [5.74, 6) is -2.58. The summed E-state index contributed by atoms with van der Waals surface area (Å²) in [6.07, 6.45) is 28.6. The molecule has 0 aliphatic rings. The Hall–Kier alpha value is -1.89. The van der Waals surface area contributed by atoms with E-state index in [1.807, 2.05) is 0 Å². The predicted octanol–water partition coefficient (Wildman–Crippen LogP) is 7.66. The number of hydrogen-bond acceptors (Lipinski definition) is 4. The lowest BCUT2D eigenvalue weighted by Gasteiger charge is -2.39. The van der Waals surface area contributed by atoms with Crippen molar-refractivity contribution >= 4 is 17.9 Å². The SMILES string of the molecule is CCCCCCCCCCCC/C=C/CCCCC[N+](CCCCC(=O)[O-])(CCCCC(=O)O)CCCCC(=O)O. The summed E-state index contributed by atoms with van der Waals surface area (Å²) in [5.41, 5.74) is 0. The molecule has 0 aromatic rings. The highest BCUT2D eigenvalue weighted by Crippen LogP contribution is 2.19. The first kappa shape index (κ1) is 39.1. The van der Waals surface area contributed by atoms with Gasteiger partial charge in [0, 0.05) is 18.8 Å². The number of quaternary nitrogens is 1. The van der Waals surface area contributed by atoms with Crippen LogP contribution in [-0.2, 0) is 14.4 Å². The molecule has 2 N–H and O–H groups in total. The van der Waals surface area contributed by atoms with Crippen LogP contribution in [0, 0.1) is 0 Å². The van der Waals surface area contributed by atoms with Crippen LogP contribution in [0.15, 0.2) is 12.2 Å². The minimum Gasteiger partial charge on any atom is -0.550 e. The number of unbranched alkanes of at least 4 members (excludes halogenated alkanes) is 16. The molecule has 0 amide bonds. The summed E-state index contributed by atoms with van der Waals surface area (Å²) in [6, 6.07) is 0. The quantitative estimate of drug-likeness (QED) is 0.0479. The summed E-state index contributed by atoms with van der Waals surface area (Å²) in [4.78, 5) is 32.9. The molecule has 0 spiro atoms. The number of carbonyl (C=O) groups is 3. The Morgan fingerprint density at radius 1 is 0.512 bits per heavy atom. The Bertz CT molecular complexity index is 623. The van der Waals surface area contributed by atoms with Crippen LogP contribution in [0.3, 0.4) is 0 Å². The van der Waals surface area contributed by atoms with Gasteiger partial charge < -0.3 is 24.6 Å². The lowest BCUT2D eigenvalue weighted by atomic mass is 10.1. The second kappa shape index (κ2) is 28.2. The average molecular weight is 582 g/mol. The van der Waals surface area contributed by atoms with Crippen LogP contribution in [0.4, 0.5) is 0 Å². The van der Waals surface area contributed by atoms with Gasteiger partial charge in [-0.3, -0.25) is 9.59 Å². The molecular formula is C34H63NO6. The molecule has 0 aromatic heterocycles. The topological polar surface area (TPSA) is 115 Å². The number of carboxylic acid groups (broad SMARTS) is 3. The van der Waals surface area contributed by atoms with Gasteiger partial charge in [0.25, 0.3) is 0 Å². The Balaban J connectivity index is 4.44. The van der Waals surface area contributed by atoms with Crippen molar-refractivity contribution in [3.8, 4) is 0 Å². The number of hydrogen-bond donors (Lipinski definition) is 2. The van der Waals surface area contributed by atoms with Gasteiger partial charge in [0.05, 0.1) is 26.2 Å². The van der Waals surface area contributed by atoms with E-state index in [0.717, 1.165) is 75.6 Å². The average Bonchev–Trinajstić information content (AvgIpc) is 2.93. The molecule has 0 rings (SSSR count). The molecule has 0 saturated heterocycles. The van der Waals surface area contributed by atoms with Gasteiger partial charge in [-0.05, 0) is 83.5 Å². The van der Waals surface area contributed by atoms with E-state index < -0.39 is 17.9 Å². The molecular weight excluding hydrogens is 518 g/mol. The van der Waals surface area contributed by atoms with E-state index in [9.17, 15) is 19.5 Å². The van der Waals surface area contributed by atoms with Gasteiger partial charge in [-0.2, -0.15) is 0 Å². The van der Waals surface area contributed by atoms with Crippen molar-refractivity contribution in [1.29, 1.82) is 0 Å². The summed E-state index contributed by atoms with van der Waals surface area (Å²) in [6.45, 7) is 5.83. The van der Waals surface area contributed by atoms with Crippen molar-refractivity contribution in [2.24, 2.45) is 0 Å². The molecule has 41 heavy (non-hydrogen) atoms. The van der Waals surface area contributed by atoms with E-state index in [4.69, 9.17) is 10.2 Å². The zero-order valence-electron chi connectivity index (χ0n) is 26.4. The van der Waals surface area contributed by atoms with Gasteiger partial charge in [-0.1, -0.05) is 76.9 Å². The minimum atomic E-state index is -1.02. The van der Waals surface area contributed by atoms with E-state index in [0.29, 0.717) is 19.3 Å². The minimum absolute atomic E-state index is 0.0590. The zero-order valence-corrected chi connectivity index (χ0v) is 26.4.